The molecule has 16 heavy (non-hydrogen) atoms. The molecule has 0 amide bonds. The van der Waals surface area contributed by atoms with Gasteiger partial charge in [-0.3, -0.25) is 0 Å². The van der Waals surface area contributed by atoms with Gasteiger partial charge in [0.1, 0.15) is 5.82 Å². The normalized spacial score (nSPS) is 15.2. The molecule has 0 atom stereocenters. The van der Waals surface area contributed by atoms with E-state index in [9.17, 15) is 4.39 Å². The summed E-state index contributed by atoms with van der Waals surface area (Å²) in [5.74, 6) is 0.518. The van der Waals surface area contributed by atoms with Gasteiger partial charge in [0.05, 0.1) is 15.8 Å². The first kappa shape index (κ1) is 11.7. The highest BCUT2D eigenvalue weighted by Gasteiger charge is 2.24. The zero-order chi connectivity index (χ0) is 11.7. The predicted octanol–water partition coefficient (Wildman–Crippen LogP) is 3.41. The highest BCUT2D eigenvalue weighted by molar-refractivity contribution is 9.10. The number of hydrogen-bond donors (Lipinski definition) is 1. The van der Waals surface area contributed by atoms with Crippen LogP contribution in [0.4, 0.5) is 15.8 Å². The molecule has 0 aromatic heterocycles. The lowest BCUT2D eigenvalue weighted by atomic mass is 10.2. The van der Waals surface area contributed by atoms with E-state index in [0.29, 0.717) is 10.2 Å². The SMILES string of the molecule is CCN(CC1CC1)c1cc(F)c(Br)cc1N. The number of nitrogens with zero attached hydrogens (tertiary/aromatic N) is 1. The average Bonchev–Trinajstić information content (AvgIpc) is 3.04. The molecule has 0 bridgehead atoms. The van der Waals surface area contributed by atoms with Crippen LogP contribution in [0.15, 0.2) is 16.6 Å². The maximum atomic E-state index is 13.5. The van der Waals surface area contributed by atoms with Crippen molar-refractivity contribution in [2.24, 2.45) is 5.92 Å². The summed E-state index contributed by atoms with van der Waals surface area (Å²) in [7, 11) is 0. The molecule has 1 aromatic carbocycles. The van der Waals surface area contributed by atoms with Crippen molar-refractivity contribution in [3.05, 3.63) is 22.4 Å². The molecule has 1 aromatic rings. The zero-order valence-electron chi connectivity index (χ0n) is 9.34. The van der Waals surface area contributed by atoms with E-state index in [4.69, 9.17) is 5.73 Å². The number of nitrogens with two attached hydrogens (primary N) is 1. The van der Waals surface area contributed by atoms with Crippen LogP contribution in [0.2, 0.25) is 0 Å². The summed E-state index contributed by atoms with van der Waals surface area (Å²) in [6, 6.07) is 3.16. The Balaban J connectivity index is 2.25. The molecule has 0 saturated heterocycles. The van der Waals surface area contributed by atoms with Gasteiger partial charge in [-0.25, -0.2) is 4.39 Å². The van der Waals surface area contributed by atoms with E-state index in [2.05, 4.69) is 27.8 Å². The van der Waals surface area contributed by atoms with Crippen LogP contribution in [-0.4, -0.2) is 13.1 Å². The van der Waals surface area contributed by atoms with Gasteiger partial charge in [0.2, 0.25) is 0 Å². The van der Waals surface area contributed by atoms with Gasteiger partial charge in [-0.15, -0.1) is 0 Å². The molecule has 4 heteroatoms. The molecule has 1 aliphatic carbocycles. The smallest absolute Gasteiger partial charge is 0.139 e. The molecule has 0 unspecified atom stereocenters. The van der Waals surface area contributed by atoms with Crippen molar-refractivity contribution in [3.8, 4) is 0 Å². The molecule has 2 nitrogen and oxygen atoms in total. The summed E-state index contributed by atoms with van der Waals surface area (Å²) in [4.78, 5) is 2.16. The Bertz CT molecular complexity index is 391. The minimum Gasteiger partial charge on any atom is -0.397 e. The lowest BCUT2D eigenvalue weighted by Gasteiger charge is -2.24. The van der Waals surface area contributed by atoms with E-state index in [1.165, 1.54) is 18.9 Å². The highest BCUT2D eigenvalue weighted by atomic mass is 79.9. The number of benzene rings is 1. The number of rotatable bonds is 4. The molecule has 1 aliphatic rings. The van der Waals surface area contributed by atoms with E-state index in [0.717, 1.165) is 24.7 Å². The Morgan fingerprint density at radius 1 is 1.50 bits per heavy atom. The molecule has 0 radical (unpaired) electrons. The van der Waals surface area contributed by atoms with Gasteiger partial charge in [0, 0.05) is 19.2 Å². The van der Waals surface area contributed by atoms with Gasteiger partial charge in [0.25, 0.3) is 0 Å². The summed E-state index contributed by atoms with van der Waals surface area (Å²) in [5, 5.41) is 0. The monoisotopic (exact) mass is 286 g/mol. The first-order chi connectivity index (χ1) is 7.61. The lowest BCUT2D eigenvalue weighted by Crippen LogP contribution is -2.26. The second kappa shape index (κ2) is 4.62. The number of hydrogen-bond acceptors (Lipinski definition) is 2. The molecule has 0 spiro atoms. The molecule has 2 N–H and O–H groups in total. The summed E-state index contributed by atoms with van der Waals surface area (Å²) >= 11 is 3.14. The van der Waals surface area contributed by atoms with Crippen molar-refractivity contribution in [2.45, 2.75) is 19.8 Å². The molecule has 0 aliphatic heterocycles. The van der Waals surface area contributed by atoms with Crippen LogP contribution >= 0.6 is 15.9 Å². The van der Waals surface area contributed by atoms with E-state index in [1.807, 2.05) is 0 Å². The molecule has 88 valence electrons. The topological polar surface area (TPSA) is 29.3 Å². The average molecular weight is 287 g/mol. The fourth-order valence-electron chi connectivity index (χ4n) is 1.84. The zero-order valence-corrected chi connectivity index (χ0v) is 10.9. The molecule has 0 heterocycles. The van der Waals surface area contributed by atoms with Gasteiger partial charge in [-0.2, -0.15) is 0 Å². The number of anilines is 2. The van der Waals surface area contributed by atoms with Crippen LogP contribution in [0.3, 0.4) is 0 Å². The fraction of sp³-hybridized carbons (Fsp3) is 0.500. The van der Waals surface area contributed by atoms with Crippen molar-refractivity contribution in [2.75, 3.05) is 23.7 Å². The van der Waals surface area contributed by atoms with Crippen molar-refractivity contribution in [1.82, 2.24) is 0 Å². The fourth-order valence-corrected chi connectivity index (χ4v) is 2.20. The quantitative estimate of drug-likeness (QED) is 0.860. The maximum absolute atomic E-state index is 13.5. The molecular formula is C12H16BrFN2. The summed E-state index contributed by atoms with van der Waals surface area (Å²) in [6.07, 6.45) is 2.57. The van der Waals surface area contributed by atoms with E-state index < -0.39 is 0 Å². The first-order valence-corrected chi connectivity index (χ1v) is 6.40. The lowest BCUT2D eigenvalue weighted by molar-refractivity contribution is 0.619. The van der Waals surface area contributed by atoms with Crippen LogP contribution in [0.25, 0.3) is 0 Å². The third kappa shape index (κ3) is 2.48. The number of nitrogen functional groups attached to an aromatic ring is 1. The largest absolute Gasteiger partial charge is 0.397 e. The standard InChI is InChI=1S/C12H16BrFN2/c1-2-16(7-8-3-4-8)12-6-10(14)9(13)5-11(12)15/h5-6,8H,2-4,7,15H2,1H3. The van der Waals surface area contributed by atoms with Gasteiger partial charge in [-0.05, 0) is 47.7 Å². The molecule has 2 rings (SSSR count). The van der Waals surface area contributed by atoms with E-state index in [1.54, 1.807) is 6.07 Å². The maximum Gasteiger partial charge on any atom is 0.139 e. The Hall–Kier alpha value is -0.770. The van der Waals surface area contributed by atoms with Crippen LogP contribution in [0.5, 0.6) is 0 Å². The minimum atomic E-state index is -0.251. The predicted molar refractivity (Wildman–Crippen MR) is 69.1 cm³/mol. The summed E-state index contributed by atoms with van der Waals surface area (Å²) in [5.41, 5.74) is 7.37. The van der Waals surface area contributed by atoms with Gasteiger partial charge >= 0.3 is 0 Å². The Kier molecular flexibility index (Phi) is 3.38. The van der Waals surface area contributed by atoms with Crippen LogP contribution in [0, 0.1) is 11.7 Å². The van der Waals surface area contributed by atoms with Gasteiger partial charge < -0.3 is 10.6 Å². The van der Waals surface area contributed by atoms with Crippen LogP contribution in [0.1, 0.15) is 19.8 Å². The molecular weight excluding hydrogens is 271 g/mol. The minimum absolute atomic E-state index is 0.251. The molecule has 1 saturated carbocycles. The van der Waals surface area contributed by atoms with Crippen molar-refractivity contribution in [3.63, 3.8) is 0 Å². The Morgan fingerprint density at radius 2 is 2.19 bits per heavy atom. The third-order valence-corrected chi connectivity index (χ3v) is 3.58. The third-order valence-electron chi connectivity index (χ3n) is 2.97. The van der Waals surface area contributed by atoms with Gasteiger partial charge in [0.15, 0.2) is 0 Å². The van der Waals surface area contributed by atoms with Gasteiger partial charge in [-0.1, -0.05) is 0 Å². The van der Waals surface area contributed by atoms with Crippen LogP contribution in [-0.2, 0) is 0 Å². The second-order valence-electron chi connectivity index (χ2n) is 4.31. The summed E-state index contributed by atoms with van der Waals surface area (Å²) < 4.78 is 13.9. The first-order valence-electron chi connectivity index (χ1n) is 5.61. The number of halogens is 2. The van der Waals surface area contributed by atoms with Crippen molar-refractivity contribution in [1.29, 1.82) is 0 Å². The van der Waals surface area contributed by atoms with Crippen LogP contribution < -0.4 is 10.6 Å². The molecule has 1 fully saturated rings. The summed E-state index contributed by atoms with van der Waals surface area (Å²) in [6.45, 7) is 3.92. The van der Waals surface area contributed by atoms with E-state index >= 15 is 0 Å². The van der Waals surface area contributed by atoms with Crippen molar-refractivity contribution >= 4 is 27.3 Å². The van der Waals surface area contributed by atoms with Crippen molar-refractivity contribution < 1.29 is 4.39 Å². The Labute approximate surface area is 104 Å². The Morgan fingerprint density at radius 3 is 2.75 bits per heavy atom. The highest BCUT2D eigenvalue weighted by Crippen LogP contribution is 2.34. The second-order valence-corrected chi connectivity index (χ2v) is 5.16. The van der Waals surface area contributed by atoms with E-state index in [-0.39, 0.29) is 5.82 Å².